The topological polar surface area (TPSA) is 52.6 Å². The predicted octanol–water partition coefficient (Wildman–Crippen LogP) is 4.05. The summed E-state index contributed by atoms with van der Waals surface area (Å²) in [5, 5.41) is 0.190. The Hall–Kier alpha value is -2.40. The molecule has 0 unspecified atom stereocenters. The smallest absolute Gasteiger partial charge is 0.341 e. The highest BCUT2D eigenvalue weighted by atomic mass is 35.5. The Labute approximate surface area is 137 Å². The molecule has 0 aliphatic rings. The summed E-state index contributed by atoms with van der Waals surface area (Å²) in [5.41, 5.74) is 0.772. The summed E-state index contributed by atoms with van der Waals surface area (Å²) in [4.78, 5) is 23.4. The lowest BCUT2D eigenvalue weighted by atomic mass is 10.1. The number of esters is 1. The van der Waals surface area contributed by atoms with Crippen LogP contribution < -0.4 is 4.74 Å². The van der Waals surface area contributed by atoms with Gasteiger partial charge in [0.25, 0.3) is 0 Å². The lowest BCUT2D eigenvalue weighted by Crippen LogP contribution is -2.08. The molecule has 0 aliphatic carbocycles. The highest BCUT2D eigenvalue weighted by Gasteiger charge is 2.15. The minimum Gasteiger partial charge on any atom is -0.496 e. The summed E-state index contributed by atoms with van der Waals surface area (Å²) in [6.07, 6.45) is 0. The molecule has 4 nitrogen and oxygen atoms in total. The maximum absolute atomic E-state index is 13.7. The van der Waals surface area contributed by atoms with Gasteiger partial charge in [0.05, 0.1) is 12.7 Å². The first-order chi connectivity index (χ1) is 10.9. The van der Waals surface area contributed by atoms with Gasteiger partial charge in [0.2, 0.25) is 0 Å². The largest absolute Gasteiger partial charge is 0.496 e. The van der Waals surface area contributed by atoms with Gasteiger partial charge in [-0.3, -0.25) is 4.79 Å². The highest BCUT2D eigenvalue weighted by Crippen LogP contribution is 2.22. The standard InChI is InChI=1S/C17H14ClFO4/c1-10(20)11-3-6-16(22-2)12(7-11)9-23-17(21)14-5-4-13(18)8-15(14)19/h3-8H,9H2,1-2H3. The first-order valence-electron chi connectivity index (χ1n) is 6.72. The fraction of sp³-hybridized carbons (Fsp3) is 0.176. The van der Waals surface area contributed by atoms with Gasteiger partial charge in [-0.2, -0.15) is 0 Å². The van der Waals surface area contributed by atoms with Crippen LogP contribution in [0.15, 0.2) is 36.4 Å². The summed E-state index contributed by atoms with van der Waals surface area (Å²) in [6.45, 7) is 1.28. The van der Waals surface area contributed by atoms with E-state index in [1.54, 1.807) is 18.2 Å². The Morgan fingerprint density at radius 2 is 1.91 bits per heavy atom. The third-order valence-corrected chi connectivity index (χ3v) is 3.43. The van der Waals surface area contributed by atoms with Crippen LogP contribution in [0.25, 0.3) is 0 Å². The summed E-state index contributed by atoms with van der Waals surface area (Å²) in [6, 6.07) is 8.50. The fourth-order valence-electron chi connectivity index (χ4n) is 1.99. The van der Waals surface area contributed by atoms with Crippen LogP contribution in [0.5, 0.6) is 5.75 Å². The highest BCUT2D eigenvalue weighted by molar-refractivity contribution is 6.30. The van der Waals surface area contributed by atoms with E-state index in [2.05, 4.69) is 0 Å². The molecule has 0 bridgehead atoms. The van der Waals surface area contributed by atoms with Crippen LogP contribution in [-0.2, 0) is 11.3 Å². The van der Waals surface area contributed by atoms with Crippen LogP contribution in [0.2, 0.25) is 5.02 Å². The zero-order valence-electron chi connectivity index (χ0n) is 12.6. The first-order valence-corrected chi connectivity index (χ1v) is 7.10. The Morgan fingerprint density at radius 3 is 2.52 bits per heavy atom. The summed E-state index contributed by atoms with van der Waals surface area (Å²) in [5.74, 6) is -1.23. The molecule has 0 atom stereocenters. The molecule has 2 aromatic carbocycles. The lowest BCUT2D eigenvalue weighted by Gasteiger charge is -2.11. The quantitative estimate of drug-likeness (QED) is 0.610. The van der Waals surface area contributed by atoms with Gasteiger partial charge in [0, 0.05) is 16.1 Å². The van der Waals surface area contributed by atoms with E-state index in [4.69, 9.17) is 21.1 Å². The van der Waals surface area contributed by atoms with E-state index in [0.717, 1.165) is 6.07 Å². The second-order valence-electron chi connectivity index (χ2n) is 4.78. The molecule has 2 rings (SSSR count). The second-order valence-corrected chi connectivity index (χ2v) is 5.22. The van der Waals surface area contributed by atoms with Crippen molar-refractivity contribution in [2.45, 2.75) is 13.5 Å². The summed E-state index contributed by atoms with van der Waals surface area (Å²) >= 11 is 5.64. The molecule has 0 amide bonds. The number of carbonyl (C=O) groups is 2. The number of rotatable bonds is 5. The summed E-state index contributed by atoms with van der Waals surface area (Å²) < 4.78 is 23.9. The van der Waals surface area contributed by atoms with E-state index in [-0.39, 0.29) is 23.0 Å². The van der Waals surface area contributed by atoms with Gasteiger partial charge in [-0.05, 0) is 43.3 Å². The molecule has 0 spiro atoms. The molecule has 2 aromatic rings. The SMILES string of the molecule is COc1ccc(C(C)=O)cc1COC(=O)c1ccc(Cl)cc1F. The fourth-order valence-corrected chi connectivity index (χ4v) is 2.15. The molecular formula is C17H14ClFO4. The summed E-state index contributed by atoms with van der Waals surface area (Å²) in [7, 11) is 1.47. The van der Waals surface area contributed by atoms with Crippen molar-refractivity contribution in [2.24, 2.45) is 0 Å². The molecule has 23 heavy (non-hydrogen) atoms. The van der Waals surface area contributed by atoms with Gasteiger partial charge in [-0.15, -0.1) is 0 Å². The van der Waals surface area contributed by atoms with Crippen molar-refractivity contribution in [1.29, 1.82) is 0 Å². The van der Waals surface area contributed by atoms with Gasteiger partial charge < -0.3 is 9.47 Å². The van der Waals surface area contributed by atoms with Crippen LogP contribution in [0.3, 0.4) is 0 Å². The van der Waals surface area contributed by atoms with Crippen LogP contribution in [0.4, 0.5) is 4.39 Å². The van der Waals surface area contributed by atoms with Gasteiger partial charge in [-0.1, -0.05) is 11.6 Å². The number of ketones is 1. The van der Waals surface area contributed by atoms with E-state index in [1.807, 2.05) is 0 Å². The van der Waals surface area contributed by atoms with Crippen molar-refractivity contribution in [2.75, 3.05) is 7.11 Å². The molecule has 0 aromatic heterocycles. The minimum absolute atomic E-state index is 0.121. The minimum atomic E-state index is -0.825. The van der Waals surface area contributed by atoms with E-state index < -0.39 is 11.8 Å². The van der Waals surface area contributed by atoms with E-state index in [0.29, 0.717) is 16.9 Å². The van der Waals surface area contributed by atoms with Gasteiger partial charge in [0.15, 0.2) is 5.78 Å². The molecule has 0 N–H and O–H groups in total. The van der Waals surface area contributed by atoms with Crippen LogP contribution in [-0.4, -0.2) is 18.9 Å². The van der Waals surface area contributed by atoms with E-state index >= 15 is 0 Å². The Balaban J connectivity index is 2.18. The van der Waals surface area contributed by atoms with Crippen LogP contribution in [0, 0.1) is 5.82 Å². The third kappa shape index (κ3) is 4.07. The van der Waals surface area contributed by atoms with Crippen molar-refractivity contribution in [3.8, 4) is 5.75 Å². The molecule has 0 saturated heterocycles. The number of halogens is 2. The predicted molar refractivity (Wildman–Crippen MR) is 83.5 cm³/mol. The van der Waals surface area contributed by atoms with Gasteiger partial charge >= 0.3 is 5.97 Å². The molecule has 0 saturated carbocycles. The average molecular weight is 337 g/mol. The first kappa shape index (κ1) is 17.0. The Bertz CT molecular complexity index is 758. The number of carbonyl (C=O) groups excluding carboxylic acids is 2. The maximum atomic E-state index is 13.7. The van der Waals surface area contributed by atoms with Crippen LogP contribution in [0.1, 0.15) is 33.2 Å². The van der Waals surface area contributed by atoms with Crippen molar-refractivity contribution in [1.82, 2.24) is 0 Å². The van der Waals surface area contributed by atoms with Crippen molar-refractivity contribution < 1.29 is 23.5 Å². The zero-order chi connectivity index (χ0) is 17.0. The Kier molecular flexibility index (Phi) is 5.34. The maximum Gasteiger partial charge on any atom is 0.341 e. The number of Topliss-reactive ketones (excluding diaryl/α,β-unsaturated/α-hetero) is 1. The molecule has 0 aliphatic heterocycles. The average Bonchev–Trinajstić information content (AvgIpc) is 2.52. The molecule has 6 heteroatoms. The normalized spacial score (nSPS) is 10.3. The van der Waals surface area contributed by atoms with Crippen molar-refractivity contribution in [3.05, 3.63) is 63.9 Å². The number of methoxy groups -OCH3 is 1. The van der Waals surface area contributed by atoms with Gasteiger partial charge in [-0.25, -0.2) is 9.18 Å². The number of benzene rings is 2. The van der Waals surface area contributed by atoms with E-state index in [9.17, 15) is 14.0 Å². The second kappa shape index (κ2) is 7.24. The lowest BCUT2D eigenvalue weighted by molar-refractivity contribution is 0.0465. The molecule has 0 radical (unpaired) electrons. The Morgan fingerprint density at radius 1 is 1.17 bits per heavy atom. The number of ether oxygens (including phenoxy) is 2. The van der Waals surface area contributed by atoms with Crippen molar-refractivity contribution >= 4 is 23.4 Å². The third-order valence-electron chi connectivity index (χ3n) is 3.20. The molecule has 0 fully saturated rings. The molecular weight excluding hydrogens is 323 g/mol. The van der Waals surface area contributed by atoms with Gasteiger partial charge in [0.1, 0.15) is 18.2 Å². The molecule has 0 heterocycles. The zero-order valence-corrected chi connectivity index (χ0v) is 13.3. The van der Waals surface area contributed by atoms with E-state index in [1.165, 1.54) is 26.2 Å². The number of hydrogen-bond acceptors (Lipinski definition) is 4. The van der Waals surface area contributed by atoms with Crippen LogP contribution >= 0.6 is 11.6 Å². The monoisotopic (exact) mass is 336 g/mol. The number of hydrogen-bond donors (Lipinski definition) is 0. The molecule has 120 valence electrons. The van der Waals surface area contributed by atoms with Crippen molar-refractivity contribution in [3.63, 3.8) is 0 Å².